The maximum atomic E-state index is 12.8. The summed E-state index contributed by atoms with van der Waals surface area (Å²) in [7, 11) is -3.44. The first-order chi connectivity index (χ1) is 16.9. The zero-order valence-corrected chi connectivity index (χ0v) is 21.0. The highest BCUT2D eigenvalue weighted by Gasteiger charge is 2.28. The average Bonchev–Trinajstić information content (AvgIpc) is 2.88. The van der Waals surface area contributed by atoms with Crippen molar-refractivity contribution in [2.45, 2.75) is 31.2 Å². The molecular formula is C28H33N3O3S. The van der Waals surface area contributed by atoms with Crippen LogP contribution in [0.5, 0.6) is 0 Å². The van der Waals surface area contributed by atoms with Gasteiger partial charge in [0.25, 0.3) is 5.91 Å². The molecule has 0 aliphatic carbocycles. The van der Waals surface area contributed by atoms with Gasteiger partial charge in [0, 0.05) is 44.8 Å². The van der Waals surface area contributed by atoms with Crippen LogP contribution in [0.4, 0.5) is 0 Å². The van der Waals surface area contributed by atoms with Gasteiger partial charge in [0.05, 0.1) is 4.90 Å². The van der Waals surface area contributed by atoms with Gasteiger partial charge >= 0.3 is 0 Å². The summed E-state index contributed by atoms with van der Waals surface area (Å²) in [6, 6.07) is 24.7. The number of amides is 1. The highest BCUT2D eigenvalue weighted by molar-refractivity contribution is 7.89. The summed E-state index contributed by atoms with van der Waals surface area (Å²) in [6.07, 6.45) is 1.85. The molecule has 7 heteroatoms. The van der Waals surface area contributed by atoms with Gasteiger partial charge in [0.1, 0.15) is 0 Å². The third kappa shape index (κ3) is 6.78. The zero-order valence-electron chi connectivity index (χ0n) is 20.2. The first kappa shape index (κ1) is 25.1. The zero-order chi connectivity index (χ0) is 24.7. The van der Waals surface area contributed by atoms with Crippen LogP contribution in [0.3, 0.4) is 0 Å². The van der Waals surface area contributed by atoms with Crippen molar-refractivity contribution >= 4 is 15.9 Å². The molecule has 1 N–H and O–H groups in total. The summed E-state index contributed by atoms with van der Waals surface area (Å²) < 4.78 is 27.2. The Labute approximate surface area is 208 Å². The van der Waals surface area contributed by atoms with Crippen LogP contribution in [0.1, 0.15) is 33.5 Å². The van der Waals surface area contributed by atoms with Crippen LogP contribution in [0.25, 0.3) is 0 Å². The van der Waals surface area contributed by atoms with Crippen LogP contribution in [0.15, 0.2) is 83.8 Å². The molecule has 184 valence electrons. The van der Waals surface area contributed by atoms with Gasteiger partial charge < -0.3 is 5.32 Å². The Morgan fingerprint density at radius 1 is 0.857 bits per heavy atom. The number of carbonyl (C=O) groups excluding carboxylic acids is 1. The summed E-state index contributed by atoms with van der Waals surface area (Å²) in [5.41, 5.74) is 4.32. The monoisotopic (exact) mass is 491 g/mol. The number of aryl methyl sites for hydroxylation is 2. The first-order valence-corrected chi connectivity index (χ1v) is 13.6. The van der Waals surface area contributed by atoms with Crippen LogP contribution in [-0.4, -0.2) is 56.3 Å². The summed E-state index contributed by atoms with van der Waals surface area (Å²) >= 11 is 0. The van der Waals surface area contributed by atoms with Crippen LogP contribution >= 0.6 is 0 Å². The minimum absolute atomic E-state index is 0.0551. The molecule has 0 spiro atoms. The minimum Gasteiger partial charge on any atom is -0.352 e. The van der Waals surface area contributed by atoms with E-state index in [-0.39, 0.29) is 5.91 Å². The number of hydrogen-bond donors (Lipinski definition) is 1. The van der Waals surface area contributed by atoms with E-state index >= 15 is 0 Å². The van der Waals surface area contributed by atoms with Crippen LogP contribution in [-0.2, 0) is 23.0 Å². The van der Waals surface area contributed by atoms with Crippen molar-refractivity contribution < 1.29 is 13.2 Å². The van der Waals surface area contributed by atoms with Crippen molar-refractivity contribution in [2.75, 3.05) is 32.7 Å². The van der Waals surface area contributed by atoms with E-state index < -0.39 is 10.0 Å². The number of benzene rings is 3. The van der Waals surface area contributed by atoms with Crippen LogP contribution < -0.4 is 5.32 Å². The lowest BCUT2D eigenvalue weighted by Crippen LogP contribution is -2.48. The molecule has 6 nitrogen and oxygen atoms in total. The fraction of sp³-hybridized carbons (Fsp3) is 0.321. The number of carbonyl (C=O) groups is 1. The van der Waals surface area contributed by atoms with Gasteiger partial charge in [-0.05, 0) is 55.2 Å². The third-order valence-corrected chi connectivity index (χ3v) is 8.26. The largest absolute Gasteiger partial charge is 0.352 e. The number of nitrogens with one attached hydrogen (secondary N) is 1. The van der Waals surface area contributed by atoms with Gasteiger partial charge in [0.2, 0.25) is 10.0 Å². The Morgan fingerprint density at radius 2 is 1.57 bits per heavy atom. The lowest BCUT2D eigenvalue weighted by Gasteiger charge is -2.34. The molecule has 1 aliphatic heterocycles. The lowest BCUT2D eigenvalue weighted by molar-refractivity contribution is 0.0953. The van der Waals surface area contributed by atoms with E-state index in [0.29, 0.717) is 43.2 Å². The Bertz CT molecular complexity index is 1220. The molecule has 1 amide bonds. The molecule has 0 radical (unpaired) electrons. The second kappa shape index (κ2) is 11.6. The maximum Gasteiger partial charge on any atom is 0.251 e. The second-order valence-electron chi connectivity index (χ2n) is 9.04. The molecular weight excluding hydrogens is 458 g/mol. The van der Waals surface area contributed by atoms with Crippen molar-refractivity contribution in [3.8, 4) is 0 Å². The van der Waals surface area contributed by atoms with Crippen molar-refractivity contribution in [1.82, 2.24) is 14.5 Å². The molecule has 4 rings (SSSR count). The molecule has 1 fully saturated rings. The van der Waals surface area contributed by atoms with E-state index in [9.17, 15) is 13.2 Å². The van der Waals surface area contributed by atoms with Gasteiger partial charge in [-0.1, -0.05) is 60.2 Å². The maximum absolute atomic E-state index is 12.8. The molecule has 1 heterocycles. The van der Waals surface area contributed by atoms with Crippen LogP contribution in [0, 0.1) is 6.92 Å². The Balaban J connectivity index is 1.21. The van der Waals surface area contributed by atoms with Gasteiger partial charge in [-0.15, -0.1) is 0 Å². The Hall–Kier alpha value is -3.00. The molecule has 0 saturated carbocycles. The van der Waals surface area contributed by atoms with Crippen molar-refractivity contribution in [3.63, 3.8) is 0 Å². The minimum atomic E-state index is -3.44. The van der Waals surface area contributed by atoms with Gasteiger partial charge in [-0.2, -0.15) is 4.31 Å². The molecule has 1 aliphatic rings. The van der Waals surface area contributed by atoms with E-state index in [2.05, 4.69) is 41.4 Å². The van der Waals surface area contributed by atoms with E-state index in [4.69, 9.17) is 0 Å². The Morgan fingerprint density at radius 3 is 2.26 bits per heavy atom. The number of piperazine rings is 1. The fourth-order valence-electron chi connectivity index (χ4n) is 4.35. The molecule has 0 aromatic heterocycles. The first-order valence-electron chi connectivity index (χ1n) is 12.1. The normalized spacial score (nSPS) is 15.1. The highest BCUT2D eigenvalue weighted by atomic mass is 32.2. The summed E-state index contributed by atoms with van der Waals surface area (Å²) in [5.74, 6) is -0.0551. The molecule has 1 saturated heterocycles. The van der Waals surface area contributed by atoms with E-state index in [0.717, 1.165) is 24.9 Å². The smallest absolute Gasteiger partial charge is 0.251 e. The number of sulfonamides is 1. The predicted octanol–water partition coefficient (Wildman–Crippen LogP) is 3.86. The Kier molecular flexibility index (Phi) is 8.33. The quantitative estimate of drug-likeness (QED) is 0.462. The highest BCUT2D eigenvalue weighted by Crippen LogP contribution is 2.18. The lowest BCUT2D eigenvalue weighted by atomic mass is 10.1. The molecule has 3 aromatic rings. The summed E-state index contributed by atoms with van der Waals surface area (Å²) in [6.45, 7) is 5.76. The van der Waals surface area contributed by atoms with E-state index in [1.54, 1.807) is 28.6 Å². The average molecular weight is 492 g/mol. The van der Waals surface area contributed by atoms with Crippen molar-refractivity contribution in [1.29, 1.82) is 0 Å². The summed E-state index contributed by atoms with van der Waals surface area (Å²) in [4.78, 5) is 15.1. The molecule has 35 heavy (non-hydrogen) atoms. The van der Waals surface area contributed by atoms with E-state index in [1.807, 2.05) is 30.3 Å². The van der Waals surface area contributed by atoms with Gasteiger partial charge in [-0.3, -0.25) is 9.69 Å². The number of nitrogens with zero attached hydrogens (tertiary/aromatic N) is 2. The predicted molar refractivity (Wildman–Crippen MR) is 139 cm³/mol. The standard InChI is InChI=1S/C28H33N3O3S/c1-23-7-5-8-24(21-23)9-6-16-29-28(32)26-14-12-25(13-15-26)22-30-17-19-31(20-18-30)35(33,34)27-10-3-2-4-11-27/h2-5,7-8,10-15,21H,6,9,16-20,22H2,1H3,(H,29,32). The fourth-order valence-corrected chi connectivity index (χ4v) is 5.80. The van der Waals surface area contributed by atoms with Gasteiger partial charge in [-0.25, -0.2) is 8.42 Å². The summed E-state index contributed by atoms with van der Waals surface area (Å²) in [5, 5.41) is 3.01. The number of rotatable bonds is 9. The van der Waals surface area contributed by atoms with E-state index in [1.165, 1.54) is 11.1 Å². The topological polar surface area (TPSA) is 69.7 Å². The second-order valence-corrected chi connectivity index (χ2v) is 11.0. The van der Waals surface area contributed by atoms with Crippen molar-refractivity contribution in [2.24, 2.45) is 0 Å². The van der Waals surface area contributed by atoms with Crippen LogP contribution in [0.2, 0.25) is 0 Å². The number of hydrogen-bond acceptors (Lipinski definition) is 4. The van der Waals surface area contributed by atoms with Gasteiger partial charge in [0.15, 0.2) is 0 Å². The molecule has 0 bridgehead atoms. The molecule has 0 atom stereocenters. The SMILES string of the molecule is Cc1cccc(CCCNC(=O)c2ccc(CN3CCN(S(=O)(=O)c4ccccc4)CC3)cc2)c1. The third-order valence-electron chi connectivity index (χ3n) is 6.34. The molecule has 0 unspecified atom stereocenters. The van der Waals surface area contributed by atoms with Crippen molar-refractivity contribution in [3.05, 3.63) is 101 Å². The molecule has 3 aromatic carbocycles.